The predicted molar refractivity (Wildman–Crippen MR) is 116 cm³/mol. The fraction of sp³-hybridized carbons (Fsp3) is 0.682. The summed E-state index contributed by atoms with van der Waals surface area (Å²) in [7, 11) is 2.55. The van der Waals surface area contributed by atoms with Crippen LogP contribution in [0.15, 0.2) is 16.8 Å². The molecule has 0 aromatic carbocycles. The maximum absolute atomic E-state index is 13.5. The lowest BCUT2D eigenvalue weighted by atomic mass is 9.90. The van der Waals surface area contributed by atoms with Crippen molar-refractivity contribution >= 4 is 29.7 Å². The lowest BCUT2D eigenvalue weighted by Gasteiger charge is -2.29. The number of carbonyl (C=O) groups is 4. The van der Waals surface area contributed by atoms with Crippen LogP contribution in [0.5, 0.6) is 0 Å². The summed E-state index contributed by atoms with van der Waals surface area (Å²) in [5.74, 6) is -2.09. The summed E-state index contributed by atoms with van der Waals surface area (Å²) in [4.78, 5) is 57.3. The van der Waals surface area contributed by atoms with Crippen molar-refractivity contribution in [2.24, 2.45) is 16.8 Å². The Balaban J connectivity index is 2.33. The summed E-state index contributed by atoms with van der Waals surface area (Å²) in [6, 6.07) is -0.549. The zero-order valence-corrected chi connectivity index (χ0v) is 19.8. The predicted octanol–water partition coefficient (Wildman–Crippen LogP) is 2.13. The van der Waals surface area contributed by atoms with Crippen LogP contribution in [0.3, 0.4) is 0 Å². The number of nitrogens with zero attached hydrogens (tertiary/aromatic N) is 3. The molecule has 2 aliphatic heterocycles. The van der Waals surface area contributed by atoms with Crippen LogP contribution in [0.2, 0.25) is 0 Å². The highest BCUT2D eigenvalue weighted by Gasteiger charge is 2.43. The van der Waals surface area contributed by atoms with Gasteiger partial charge in [-0.15, -0.1) is 0 Å². The van der Waals surface area contributed by atoms with Crippen molar-refractivity contribution in [1.82, 2.24) is 9.80 Å². The molecular formula is C22H33N3O7. The van der Waals surface area contributed by atoms with Gasteiger partial charge in [-0.1, -0.05) is 13.8 Å². The van der Waals surface area contributed by atoms with Crippen LogP contribution in [0.1, 0.15) is 47.5 Å². The number of hydrogen-bond acceptors (Lipinski definition) is 8. The van der Waals surface area contributed by atoms with Crippen LogP contribution in [0, 0.1) is 11.8 Å². The van der Waals surface area contributed by atoms with Crippen molar-refractivity contribution in [2.45, 2.75) is 59.1 Å². The Morgan fingerprint density at radius 1 is 1.16 bits per heavy atom. The van der Waals surface area contributed by atoms with Gasteiger partial charge in [0.1, 0.15) is 11.3 Å². The number of methoxy groups -OCH3 is 2. The second-order valence-corrected chi connectivity index (χ2v) is 9.19. The maximum atomic E-state index is 13.5. The molecule has 0 aliphatic carbocycles. The minimum atomic E-state index is -0.695. The van der Waals surface area contributed by atoms with E-state index < -0.39 is 35.6 Å². The molecule has 0 saturated carbocycles. The van der Waals surface area contributed by atoms with Gasteiger partial charge in [-0.25, -0.2) is 14.6 Å². The van der Waals surface area contributed by atoms with E-state index in [4.69, 9.17) is 14.2 Å². The van der Waals surface area contributed by atoms with Crippen molar-refractivity contribution in [2.75, 3.05) is 27.4 Å². The number of rotatable bonds is 6. The number of ether oxygens (including phenoxy) is 3. The fourth-order valence-corrected chi connectivity index (χ4v) is 3.59. The topological polar surface area (TPSA) is 115 Å². The summed E-state index contributed by atoms with van der Waals surface area (Å²) in [6.07, 6.45) is 1.37. The van der Waals surface area contributed by atoms with Gasteiger partial charge in [0.25, 0.3) is 0 Å². The third-order valence-electron chi connectivity index (χ3n) is 5.31. The van der Waals surface area contributed by atoms with Crippen molar-refractivity contribution in [3.63, 3.8) is 0 Å². The van der Waals surface area contributed by atoms with Gasteiger partial charge in [0.15, 0.2) is 0 Å². The monoisotopic (exact) mass is 451 g/mol. The zero-order chi connectivity index (χ0) is 24.2. The number of hydrogen-bond donors (Lipinski definition) is 0. The molecule has 32 heavy (non-hydrogen) atoms. The van der Waals surface area contributed by atoms with Gasteiger partial charge >= 0.3 is 18.0 Å². The SMILES string of the molecule is COC(=O)C[C@H](C(=O)N1CN(C(=O)OC(C)(C)C)C[C@H]1C1=NC(C(=O)OC)=CC1)C(C)C. The smallest absolute Gasteiger partial charge is 0.411 e. The first-order valence-corrected chi connectivity index (χ1v) is 10.6. The van der Waals surface area contributed by atoms with E-state index in [0.717, 1.165) is 0 Å². The molecule has 10 nitrogen and oxygen atoms in total. The Hall–Kier alpha value is -2.91. The molecule has 0 bridgehead atoms. The fourth-order valence-electron chi connectivity index (χ4n) is 3.59. The number of aliphatic imine (C=N–C) groups is 1. The van der Waals surface area contributed by atoms with Crippen LogP contribution < -0.4 is 0 Å². The summed E-state index contributed by atoms with van der Waals surface area (Å²) in [6.45, 7) is 9.17. The second-order valence-electron chi connectivity index (χ2n) is 9.19. The zero-order valence-electron chi connectivity index (χ0n) is 19.8. The molecule has 0 N–H and O–H groups in total. The van der Waals surface area contributed by atoms with Gasteiger partial charge in [-0.3, -0.25) is 14.5 Å². The summed E-state index contributed by atoms with van der Waals surface area (Å²) in [5.41, 5.74) is 0.0470. The first-order chi connectivity index (χ1) is 14.9. The Morgan fingerprint density at radius 3 is 2.34 bits per heavy atom. The highest BCUT2D eigenvalue weighted by atomic mass is 16.6. The highest BCUT2D eigenvalue weighted by Crippen LogP contribution is 2.28. The normalized spacial score (nSPS) is 19.4. The Morgan fingerprint density at radius 2 is 1.81 bits per heavy atom. The van der Waals surface area contributed by atoms with Gasteiger partial charge in [-0.05, 0) is 32.8 Å². The lowest BCUT2D eigenvalue weighted by Crippen LogP contribution is -2.46. The molecule has 0 unspecified atom stereocenters. The molecule has 10 heteroatoms. The lowest BCUT2D eigenvalue weighted by molar-refractivity contribution is -0.148. The van der Waals surface area contributed by atoms with Crippen molar-refractivity contribution < 1.29 is 33.4 Å². The highest BCUT2D eigenvalue weighted by molar-refractivity contribution is 6.03. The van der Waals surface area contributed by atoms with E-state index in [2.05, 4.69) is 4.99 Å². The van der Waals surface area contributed by atoms with E-state index in [1.807, 2.05) is 13.8 Å². The molecular weight excluding hydrogens is 418 g/mol. The molecule has 1 fully saturated rings. The first kappa shape index (κ1) is 25.4. The molecule has 0 radical (unpaired) electrons. The first-order valence-electron chi connectivity index (χ1n) is 10.6. The maximum Gasteiger partial charge on any atom is 0.411 e. The molecule has 178 valence electrons. The van der Waals surface area contributed by atoms with Gasteiger partial charge < -0.3 is 19.1 Å². The average molecular weight is 452 g/mol. The van der Waals surface area contributed by atoms with E-state index >= 15 is 0 Å². The molecule has 2 atom stereocenters. The van der Waals surface area contributed by atoms with E-state index in [1.54, 1.807) is 26.8 Å². The molecule has 0 aromatic heterocycles. The van der Waals surface area contributed by atoms with Crippen LogP contribution >= 0.6 is 0 Å². The number of amides is 2. The van der Waals surface area contributed by atoms with Crippen LogP contribution in [0.4, 0.5) is 4.79 Å². The molecule has 0 spiro atoms. The largest absolute Gasteiger partial charge is 0.469 e. The molecule has 2 rings (SSSR count). The molecule has 2 amide bonds. The van der Waals surface area contributed by atoms with Crippen LogP contribution in [0.25, 0.3) is 0 Å². The van der Waals surface area contributed by atoms with Crippen LogP contribution in [-0.4, -0.2) is 78.5 Å². The number of carbonyl (C=O) groups excluding carboxylic acids is 4. The molecule has 2 aliphatic rings. The van der Waals surface area contributed by atoms with Crippen molar-refractivity contribution in [3.8, 4) is 0 Å². The summed E-state index contributed by atoms with van der Waals surface area (Å²) in [5, 5.41) is 0. The molecule has 0 aromatic rings. The van der Waals surface area contributed by atoms with E-state index in [1.165, 1.54) is 24.0 Å². The Bertz CT molecular complexity index is 826. The standard InChI is InChI=1S/C22H33N3O7/c1-13(2)14(10-18(26)30-6)19(27)25-12-24(21(29)32-22(3,4)5)11-17(25)15-8-9-16(23-15)20(28)31-7/h9,13-14,17H,8,10-12H2,1-7H3/t14-,17-/m0/s1. The number of allylic oxidation sites excluding steroid dienone is 1. The summed E-state index contributed by atoms with van der Waals surface area (Å²) >= 11 is 0. The van der Waals surface area contributed by atoms with Gasteiger partial charge in [0.05, 0.1) is 45.8 Å². The Kier molecular flexibility index (Phi) is 8.03. The molecule has 2 heterocycles. The van der Waals surface area contributed by atoms with Crippen LogP contribution in [-0.2, 0) is 28.6 Å². The van der Waals surface area contributed by atoms with Gasteiger partial charge in [0.2, 0.25) is 5.91 Å². The third kappa shape index (κ3) is 6.08. The van der Waals surface area contributed by atoms with Crippen molar-refractivity contribution in [3.05, 3.63) is 11.8 Å². The number of esters is 2. The Labute approximate surface area is 188 Å². The molecule has 1 saturated heterocycles. The van der Waals surface area contributed by atoms with E-state index in [-0.39, 0.29) is 37.2 Å². The third-order valence-corrected chi connectivity index (χ3v) is 5.31. The van der Waals surface area contributed by atoms with E-state index in [0.29, 0.717) is 12.1 Å². The quantitative estimate of drug-likeness (QED) is 0.449. The van der Waals surface area contributed by atoms with Gasteiger partial charge in [0, 0.05) is 12.1 Å². The minimum absolute atomic E-state index is 0.00458. The van der Waals surface area contributed by atoms with E-state index in [9.17, 15) is 19.2 Å². The van der Waals surface area contributed by atoms with Gasteiger partial charge in [-0.2, -0.15) is 0 Å². The minimum Gasteiger partial charge on any atom is -0.469 e. The second kappa shape index (κ2) is 10.1. The summed E-state index contributed by atoms with van der Waals surface area (Å²) < 4.78 is 15.0. The average Bonchev–Trinajstić information content (AvgIpc) is 3.36. The van der Waals surface area contributed by atoms with Crippen molar-refractivity contribution in [1.29, 1.82) is 0 Å².